The van der Waals surface area contributed by atoms with E-state index in [1.54, 1.807) is 18.2 Å². The number of nitrogens with one attached hydrogen (secondary N) is 3. The number of benzene rings is 2. The van der Waals surface area contributed by atoms with Crippen molar-refractivity contribution in [3.05, 3.63) is 59.1 Å². The van der Waals surface area contributed by atoms with Crippen LogP contribution in [0, 0.1) is 6.92 Å². The molecule has 0 saturated heterocycles. The largest absolute Gasteiger partial charge is 0.358 e. The number of H-pyrrole nitrogens is 2. The summed E-state index contributed by atoms with van der Waals surface area (Å²) >= 11 is 1.40. The number of hydrogen-bond donors (Lipinski definition) is 3. The molecule has 5 aromatic rings. The summed E-state index contributed by atoms with van der Waals surface area (Å²) in [6, 6.07) is 13.3. The van der Waals surface area contributed by atoms with Gasteiger partial charge in [-0.25, -0.2) is 4.98 Å². The Bertz CT molecular complexity index is 1300. The maximum atomic E-state index is 12.5. The molecule has 0 aliphatic carbocycles. The lowest BCUT2D eigenvalue weighted by atomic mass is 10.1. The molecular formula is C19H14N6OS. The number of hydrogen-bond acceptors (Lipinski definition) is 5. The molecule has 3 aromatic heterocycles. The average molecular weight is 374 g/mol. The van der Waals surface area contributed by atoms with Crippen LogP contribution in [-0.4, -0.2) is 31.3 Å². The van der Waals surface area contributed by atoms with E-state index in [2.05, 4.69) is 36.8 Å². The zero-order valence-electron chi connectivity index (χ0n) is 14.3. The molecular weight excluding hydrogens is 360 g/mol. The Morgan fingerprint density at radius 3 is 2.89 bits per heavy atom. The van der Waals surface area contributed by atoms with Gasteiger partial charge in [0.25, 0.3) is 5.91 Å². The lowest BCUT2D eigenvalue weighted by Crippen LogP contribution is -2.11. The fourth-order valence-electron chi connectivity index (χ4n) is 3.20. The van der Waals surface area contributed by atoms with Crippen molar-refractivity contribution in [1.29, 1.82) is 0 Å². The third-order valence-corrected chi connectivity index (χ3v) is 5.21. The second kappa shape index (κ2) is 6.03. The van der Waals surface area contributed by atoms with E-state index >= 15 is 0 Å². The van der Waals surface area contributed by atoms with Gasteiger partial charge in [-0.15, -0.1) is 11.3 Å². The first-order valence-electron chi connectivity index (χ1n) is 8.34. The van der Waals surface area contributed by atoms with E-state index in [1.165, 1.54) is 11.3 Å². The molecule has 0 spiro atoms. The van der Waals surface area contributed by atoms with Gasteiger partial charge in [0.05, 0.1) is 5.69 Å². The number of fused-ring (bicyclic) bond motifs is 2. The van der Waals surface area contributed by atoms with Crippen molar-refractivity contribution in [2.45, 2.75) is 6.92 Å². The zero-order valence-corrected chi connectivity index (χ0v) is 15.1. The highest BCUT2D eigenvalue weighted by Gasteiger charge is 2.15. The molecule has 0 aliphatic rings. The molecule has 2 aromatic carbocycles. The van der Waals surface area contributed by atoms with Crippen LogP contribution in [0.2, 0.25) is 0 Å². The second-order valence-corrected chi connectivity index (χ2v) is 7.05. The number of anilines is 1. The molecule has 7 nitrogen and oxygen atoms in total. The minimum atomic E-state index is -0.226. The molecule has 0 saturated carbocycles. The van der Waals surface area contributed by atoms with Crippen LogP contribution in [0.1, 0.15) is 16.1 Å². The first kappa shape index (κ1) is 15.7. The molecule has 132 valence electrons. The molecule has 0 atom stereocenters. The standard InChI is InChI=1S/C19H14N6OS/c1-10-17(12-4-2-3-5-13(12)20-10)16-9-27-19(21-16)22-18(26)11-6-7-14-15(8-11)24-25-23-14/h2-9,20H,1H3,(H,21,22,26)(H,23,24,25). The van der Waals surface area contributed by atoms with Gasteiger partial charge in [0.1, 0.15) is 11.0 Å². The van der Waals surface area contributed by atoms with Crippen LogP contribution in [0.3, 0.4) is 0 Å². The van der Waals surface area contributed by atoms with E-state index in [9.17, 15) is 4.79 Å². The summed E-state index contributed by atoms with van der Waals surface area (Å²) in [6.45, 7) is 2.03. The van der Waals surface area contributed by atoms with Crippen LogP contribution < -0.4 is 5.32 Å². The van der Waals surface area contributed by atoms with Gasteiger partial charge in [0, 0.05) is 33.1 Å². The third-order valence-electron chi connectivity index (χ3n) is 4.45. The molecule has 0 aliphatic heterocycles. The van der Waals surface area contributed by atoms with Crippen molar-refractivity contribution in [2.75, 3.05) is 5.32 Å². The third kappa shape index (κ3) is 2.67. The number of amides is 1. The molecule has 0 bridgehead atoms. The lowest BCUT2D eigenvalue weighted by Gasteiger charge is -2.01. The minimum absolute atomic E-state index is 0.226. The molecule has 3 N–H and O–H groups in total. The van der Waals surface area contributed by atoms with Crippen LogP contribution in [0.5, 0.6) is 0 Å². The number of carbonyl (C=O) groups is 1. The Labute approximate surface area is 157 Å². The molecule has 0 fully saturated rings. The maximum Gasteiger partial charge on any atom is 0.257 e. The summed E-state index contributed by atoms with van der Waals surface area (Å²) in [5.74, 6) is -0.226. The number of nitrogens with zero attached hydrogens (tertiary/aromatic N) is 3. The van der Waals surface area contributed by atoms with Crippen molar-refractivity contribution in [3.8, 4) is 11.3 Å². The van der Waals surface area contributed by atoms with Gasteiger partial charge in [-0.2, -0.15) is 15.4 Å². The van der Waals surface area contributed by atoms with Crippen LogP contribution in [-0.2, 0) is 0 Å². The molecule has 27 heavy (non-hydrogen) atoms. The van der Waals surface area contributed by atoms with Gasteiger partial charge in [-0.1, -0.05) is 18.2 Å². The predicted octanol–water partition coefficient (Wildman–Crippen LogP) is 4.12. The number of rotatable bonds is 3. The fraction of sp³-hybridized carbons (Fsp3) is 0.0526. The molecule has 0 radical (unpaired) electrons. The maximum absolute atomic E-state index is 12.5. The van der Waals surface area contributed by atoms with Crippen LogP contribution >= 0.6 is 11.3 Å². The smallest absolute Gasteiger partial charge is 0.257 e. The number of carbonyl (C=O) groups excluding carboxylic acids is 1. The molecule has 3 heterocycles. The molecule has 8 heteroatoms. The summed E-state index contributed by atoms with van der Waals surface area (Å²) in [5.41, 5.74) is 5.91. The zero-order chi connectivity index (χ0) is 18.4. The highest BCUT2D eigenvalue weighted by atomic mass is 32.1. The Balaban J connectivity index is 1.45. The molecule has 1 amide bonds. The predicted molar refractivity (Wildman–Crippen MR) is 106 cm³/mol. The summed E-state index contributed by atoms with van der Waals surface area (Å²) in [4.78, 5) is 20.5. The van der Waals surface area contributed by atoms with Crippen LogP contribution in [0.15, 0.2) is 47.8 Å². The van der Waals surface area contributed by atoms with Gasteiger partial charge < -0.3 is 4.98 Å². The Hall–Kier alpha value is -3.52. The fourth-order valence-corrected chi connectivity index (χ4v) is 3.90. The summed E-state index contributed by atoms with van der Waals surface area (Å²) < 4.78 is 0. The lowest BCUT2D eigenvalue weighted by molar-refractivity contribution is 0.102. The van der Waals surface area contributed by atoms with Gasteiger partial charge in [0.2, 0.25) is 0 Å². The van der Waals surface area contributed by atoms with Crippen molar-refractivity contribution in [2.24, 2.45) is 0 Å². The van der Waals surface area contributed by atoms with Crippen molar-refractivity contribution >= 4 is 44.3 Å². The molecule has 5 rings (SSSR count). The minimum Gasteiger partial charge on any atom is -0.358 e. The highest BCUT2D eigenvalue weighted by molar-refractivity contribution is 7.14. The van der Waals surface area contributed by atoms with Gasteiger partial charge in [-0.05, 0) is 31.2 Å². The van der Waals surface area contributed by atoms with E-state index < -0.39 is 0 Å². The second-order valence-electron chi connectivity index (χ2n) is 6.19. The normalized spacial score (nSPS) is 11.3. The quantitative estimate of drug-likeness (QED) is 0.442. The first-order chi connectivity index (χ1) is 13.2. The summed E-state index contributed by atoms with van der Waals surface area (Å²) in [5, 5.41) is 17.0. The van der Waals surface area contributed by atoms with E-state index in [0.717, 1.165) is 33.4 Å². The Morgan fingerprint density at radius 2 is 1.96 bits per heavy atom. The number of aromatic amines is 2. The highest BCUT2D eigenvalue weighted by Crippen LogP contribution is 2.33. The van der Waals surface area contributed by atoms with Gasteiger partial charge in [-0.3, -0.25) is 10.1 Å². The molecule has 0 unspecified atom stereocenters. The topological polar surface area (TPSA) is 99.3 Å². The summed E-state index contributed by atoms with van der Waals surface area (Å²) in [6.07, 6.45) is 0. The van der Waals surface area contributed by atoms with Crippen LogP contribution in [0.4, 0.5) is 5.13 Å². The summed E-state index contributed by atoms with van der Waals surface area (Å²) in [7, 11) is 0. The van der Waals surface area contributed by atoms with E-state index in [0.29, 0.717) is 16.2 Å². The van der Waals surface area contributed by atoms with E-state index in [-0.39, 0.29) is 5.91 Å². The van der Waals surface area contributed by atoms with Crippen LogP contribution in [0.25, 0.3) is 33.2 Å². The number of aryl methyl sites for hydroxylation is 1. The Kier molecular flexibility index (Phi) is 3.51. The number of thiazole rings is 1. The van der Waals surface area contributed by atoms with Crippen molar-refractivity contribution < 1.29 is 4.79 Å². The number of para-hydroxylation sites is 1. The van der Waals surface area contributed by atoms with E-state index in [4.69, 9.17) is 0 Å². The van der Waals surface area contributed by atoms with Crippen molar-refractivity contribution in [1.82, 2.24) is 25.4 Å². The van der Waals surface area contributed by atoms with Crippen molar-refractivity contribution in [3.63, 3.8) is 0 Å². The van der Waals surface area contributed by atoms with E-state index in [1.807, 2.05) is 30.5 Å². The average Bonchev–Trinajstić information content (AvgIpc) is 3.38. The van der Waals surface area contributed by atoms with Gasteiger partial charge in [0.15, 0.2) is 5.13 Å². The first-order valence-corrected chi connectivity index (χ1v) is 9.22. The number of aromatic nitrogens is 5. The monoisotopic (exact) mass is 374 g/mol. The Morgan fingerprint density at radius 1 is 1.11 bits per heavy atom. The van der Waals surface area contributed by atoms with Gasteiger partial charge >= 0.3 is 0 Å². The SMILES string of the molecule is Cc1[nH]c2ccccc2c1-c1csc(NC(=O)c2ccc3n[nH]nc3c2)n1.